The standard InChI is InChI=1S/C14H16O5/c1-19-12-6-2-10(3-7-12)13(16)8-4-11(15)5-9-14(17)18/h2-3,6-7H,4-5,8-9H2,1H3,(H,17,18). The summed E-state index contributed by atoms with van der Waals surface area (Å²) >= 11 is 0. The first-order chi connectivity index (χ1) is 9.02. The number of hydrogen-bond donors (Lipinski definition) is 1. The van der Waals surface area contributed by atoms with Crippen molar-refractivity contribution in [1.82, 2.24) is 0 Å². The van der Waals surface area contributed by atoms with Crippen molar-refractivity contribution in [3.63, 3.8) is 0 Å². The molecule has 19 heavy (non-hydrogen) atoms. The molecule has 0 unspecified atom stereocenters. The van der Waals surface area contributed by atoms with Crippen molar-refractivity contribution >= 4 is 17.5 Å². The van der Waals surface area contributed by atoms with Crippen LogP contribution in [0.15, 0.2) is 24.3 Å². The normalized spacial score (nSPS) is 9.95. The summed E-state index contributed by atoms with van der Waals surface area (Å²) in [6, 6.07) is 6.64. The molecule has 0 aromatic heterocycles. The molecule has 0 atom stereocenters. The summed E-state index contributed by atoms with van der Waals surface area (Å²) in [7, 11) is 1.54. The third-order valence-electron chi connectivity index (χ3n) is 2.66. The fourth-order valence-electron chi connectivity index (χ4n) is 1.55. The molecule has 102 valence electrons. The quantitative estimate of drug-likeness (QED) is 0.727. The predicted octanol–water partition coefficient (Wildman–Crippen LogP) is 2.09. The maximum absolute atomic E-state index is 11.8. The average molecular weight is 264 g/mol. The first kappa shape index (κ1) is 14.9. The Kier molecular flexibility index (Phi) is 5.73. The molecular weight excluding hydrogens is 248 g/mol. The van der Waals surface area contributed by atoms with Gasteiger partial charge in [-0.3, -0.25) is 14.4 Å². The van der Waals surface area contributed by atoms with Gasteiger partial charge in [0.15, 0.2) is 5.78 Å². The van der Waals surface area contributed by atoms with Gasteiger partial charge in [0.2, 0.25) is 0 Å². The van der Waals surface area contributed by atoms with Crippen molar-refractivity contribution in [2.45, 2.75) is 25.7 Å². The van der Waals surface area contributed by atoms with E-state index in [2.05, 4.69) is 0 Å². The Morgan fingerprint density at radius 2 is 1.58 bits per heavy atom. The van der Waals surface area contributed by atoms with E-state index in [4.69, 9.17) is 9.84 Å². The number of aliphatic carboxylic acids is 1. The molecule has 1 aromatic rings. The van der Waals surface area contributed by atoms with Crippen LogP contribution in [-0.2, 0) is 9.59 Å². The van der Waals surface area contributed by atoms with Gasteiger partial charge in [0, 0.05) is 24.8 Å². The number of benzene rings is 1. The van der Waals surface area contributed by atoms with Crippen molar-refractivity contribution in [3.8, 4) is 5.75 Å². The first-order valence-corrected chi connectivity index (χ1v) is 5.93. The number of carboxylic acids is 1. The Balaban J connectivity index is 2.42. The zero-order valence-corrected chi connectivity index (χ0v) is 10.7. The molecule has 0 bridgehead atoms. The summed E-state index contributed by atoms with van der Waals surface area (Å²) in [5, 5.41) is 8.44. The molecule has 0 aliphatic carbocycles. The Morgan fingerprint density at radius 3 is 2.11 bits per heavy atom. The van der Waals surface area contributed by atoms with Crippen LogP contribution in [0.4, 0.5) is 0 Å². The number of carboxylic acid groups (broad SMARTS) is 1. The van der Waals surface area contributed by atoms with Crippen molar-refractivity contribution in [1.29, 1.82) is 0 Å². The monoisotopic (exact) mass is 264 g/mol. The Labute approximate surface area is 111 Å². The lowest BCUT2D eigenvalue weighted by Gasteiger charge is -2.02. The van der Waals surface area contributed by atoms with Crippen molar-refractivity contribution in [2.75, 3.05) is 7.11 Å². The van der Waals surface area contributed by atoms with E-state index < -0.39 is 5.97 Å². The van der Waals surface area contributed by atoms with Gasteiger partial charge in [-0.05, 0) is 24.3 Å². The molecule has 0 aliphatic heterocycles. The molecule has 0 saturated carbocycles. The minimum Gasteiger partial charge on any atom is -0.497 e. The van der Waals surface area contributed by atoms with E-state index in [9.17, 15) is 14.4 Å². The number of ketones is 2. The molecule has 1 rings (SSSR count). The summed E-state index contributed by atoms with van der Waals surface area (Å²) in [6.07, 6.45) is -0.0241. The third-order valence-corrected chi connectivity index (χ3v) is 2.66. The molecule has 5 heteroatoms. The van der Waals surface area contributed by atoms with Gasteiger partial charge in [0.05, 0.1) is 13.5 Å². The molecule has 0 spiro atoms. The van der Waals surface area contributed by atoms with E-state index in [0.717, 1.165) is 0 Å². The van der Waals surface area contributed by atoms with Crippen LogP contribution in [0.1, 0.15) is 36.0 Å². The minimum atomic E-state index is -1.00. The summed E-state index contributed by atoms with van der Waals surface area (Å²) in [5.74, 6) is -0.681. The minimum absolute atomic E-state index is 0.0226. The molecule has 0 heterocycles. The molecule has 0 radical (unpaired) electrons. The summed E-state index contributed by atoms with van der Waals surface area (Å²) < 4.78 is 4.98. The highest BCUT2D eigenvalue weighted by Crippen LogP contribution is 2.13. The second kappa shape index (κ2) is 7.31. The molecular formula is C14H16O5. The van der Waals surface area contributed by atoms with Gasteiger partial charge < -0.3 is 9.84 Å². The van der Waals surface area contributed by atoms with E-state index in [0.29, 0.717) is 11.3 Å². The van der Waals surface area contributed by atoms with Crippen LogP contribution in [0.3, 0.4) is 0 Å². The molecule has 5 nitrogen and oxygen atoms in total. The number of carbonyl (C=O) groups is 3. The van der Waals surface area contributed by atoms with Crippen molar-refractivity contribution in [3.05, 3.63) is 29.8 Å². The highest BCUT2D eigenvalue weighted by atomic mass is 16.5. The van der Waals surface area contributed by atoms with Crippen LogP contribution >= 0.6 is 0 Å². The lowest BCUT2D eigenvalue weighted by atomic mass is 10.0. The smallest absolute Gasteiger partial charge is 0.303 e. The van der Waals surface area contributed by atoms with Gasteiger partial charge in [-0.2, -0.15) is 0 Å². The molecule has 0 amide bonds. The van der Waals surface area contributed by atoms with Crippen LogP contribution in [-0.4, -0.2) is 29.8 Å². The zero-order valence-electron chi connectivity index (χ0n) is 10.7. The van der Waals surface area contributed by atoms with Crippen LogP contribution < -0.4 is 4.74 Å². The summed E-state index contributed by atoms with van der Waals surface area (Å²) in [6.45, 7) is 0. The number of hydrogen-bond acceptors (Lipinski definition) is 4. The average Bonchev–Trinajstić information content (AvgIpc) is 2.42. The number of methoxy groups -OCH3 is 1. The van der Waals surface area contributed by atoms with Crippen LogP contribution in [0.5, 0.6) is 5.75 Å². The highest BCUT2D eigenvalue weighted by molar-refractivity contribution is 5.98. The van der Waals surface area contributed by atoms with Gasteiger partial charge in [-0.1, -0.05) is 0 Å². The Morgan fingerprint density at radius 1 is 1.00 bits per heavy atom. The number of Topliss-reactive ketones (excluding diaryl/α,β-unsaturated/α-hetero) is 2. The summed E-state index contributed by atoms with van der Waals surface area (Å²) in [4.78, 5) is 33.4. The predicted molar refractivity (Wildman–Crippen MR) is 68.4 cm³/mol. The highest BCUT2D eigenvalue weighted by Gasteiger charge is 2.10. The maximum Gasteiger partial charge on any atom is 0.303 e. The molecule has 0 fully saturated rings. The molecule has 0 aliphatic rings. The van der Waals surface area contributed by atoms with Gasteiger partial charge in [-0.15, -0.1) is 0 Å². The molecule has 1 aromatic carbocycles. The van der Waals surface area contributed by atoms with Crippen molar-refractivity contribution < 1.29 is 24.2 Å². The number of carbonyl (C=O) groups excluding carboxylic acids is 2. The first-order valence-electron chi connectivity index (χ1n) is 5.93. The second-order valence-corrected chi connectivity index (χ2v) is 4.08. The number of rotatable bonds is 8. The van der Waals surface area contributed by atoms with Gasteiger partial charge in [0.25, 0.3) is 0 Å². The van der Waals surface area contributed by atoms with Crippen LogP contribution in [0, 0.1) is 0 Å². The fraction of sp³-hybridized carbons (Fsp3) is 0.357. The second-order valence-electron chi connectivity index (χ2n) is 4.08. The van der Waals surface area contributed by atoms with Gasteiger partial charge in [0.1, 0.15) is 11.5 Å². The lowest BCUT2D eigenvalue weighted by Crippen LogP contribution is -2.07. The van der Waals surface area contributed by atoms with Gasteiger partial charge in [-0.25, -0.2) is 0 Å². The molecule has 1 N–H and O–H groups in total. The van der Waals surface area contributed by atoms with E-state index in [1.165, 1.54) is 7.11 Å². The number of ether oxygens (including phenoxy) is 1. The maximum atomic E-state index is 11.8. The Hall–Kier alpha value is -2.17. The lowest BCUT2D eigenvalue weighted by molar-refractivity contribution is -0.138. The van der Waals surface area contributed by atoms with E-state index in [1.54, 1.807) is 24.3 Å². The molecule has 0 saturated heterocycles. The third kappa shape index (κ3) is 5.33. The van der Waals surface area contributed by atoms with E-state index in [1.807, 2.05) is 0 Å². The van der Waals surface area contributed by atoms with Crippen LogP contribution in [0.2, 0.25) is 0 Å². The summed E-state index contributed by atoms with van der Waals surface area (Å²) in [5.41, 5.74) is 0.520. The SMILES string of the molecule is COc1ccc(C(=O)CCC(=O)CCC(=O)O)cc1. The van der Waals surface area contributed by atoms with E-state index >= 15 is 0 Å². The largest absolute Gasteiger partial charge is 0.497 e. The zero-order chi connectivity index (χ0) is 14.3. The van der Waals surface area contributed by atoms with Gasteiger partial charge >= 0.3 is 5.97 Å². The fourth-order valence-corrected chi connectivity index (χ4v) is 1.55. The topological polar surface area (TPSA) is 80.7 Å². The van der Waals surface area contributed by atoms with E-state index in [-0.39, 0.29) is 37.2 Å². The van der Waals surface area contributed by atoms with Crippen molar-refractivity contribution in [2.24, 2.45) is 0 Å². The van der Waals surface area contributed by atoms with Crippen LogP contribution in [0.25, 0.3) is 0 Å². The Bertz CT molecular complexity index is 461.